The number of amides is 2. The molecule has 6 N–H and O–H groups in total. The highest BCUT2D eigenvalue weighted by Crippen LogP contribution is 2.31. The standard InChI is InChI=1S/C28H37N9O3/c1-17-15-37(16-21(30)26(17)35(3)28(39)40)24-6-7-31-14-23(24)33-27(38)25-20(29)12-18-4-5-19(13-22(18)32-25)36-10-8-34(2)9-11-36/h4-7,12-14,17,21,26H,8-11,15-16,29-30H2,1-3H3,(H,33,38)(H,39,40). The first-order valence-electron chi connectivity index (χ1n) is 13.5. The second-order valence-electron chi connectivity index (χ2n) is 10.9. The maximum Gasteiger partial charge on any atom is 0.407 e. The zero-order valence-electron chi connectivity index (χ0n) is 23.1. The molecule has 12 heteroatoms. The molecule has 2 saturated heterocycles. The molecule has 0 aliphatic carbocycles. The molecule has 0 saturated carbocycles. The number of benzene rings is 1. The third-order valence-corrected chi connectivity index (χ3v) is 8.01. The molecule has 3 aromatic rings. The van der Waals surface area contributed by atoms with Gasteiger partial charge in [0, 0.05) is 69.6 Å². The molecule has 3 atom stereocenters. The van der Waals surface area contributed by atoms with Crippen molar-refractivity contribution in [2.24, 2.45) is 11.7 Å². The number of piperidine rings is 1. The number of carboxylic acid groups (broad SMARTS) is 1. The molecule has 0 radical (unpaired) electrons. The molecule has 4 heterocycles. The number of carbonyl (C=O) groups is 2. The van der Waals surface area contributed by atoms with Gasteiger partial charge in [-0.2, -0.15) is 0 Å². The van der Waals surface area contributed by atoms with Crippen molar-refractivity contribution in [1.82, 2.24) is 19.8 Å². The van der Waals surface area contributed by atoms with Crippen LogP contribution in [0.3, 0.4) is 0 Å². The Kier molecular flexibility index (Phi) is 7.63. The van der Waals surface area contributed by atoms with E-state index in [4.69, 9.17) is 11.5 Å². The van der Waals surface area contributed by atoms with Gasteiger partial charge >= 0.3 is 6.09 Å². The molecule has 0 spiro atoms. The number of fused-ring (bicyclic) bond motifs is 1. The second-order valence-corrected chi connectivity index (χ2v) is 10.9. The van der Waals surface area contributed by atoms with Crippen LogP contribution in [0.4, 0.5) is 27.5 Å². The van der Waals surface area contributed by atoms with Crippen LogP contribution in [-0.4, -0.2) is 102 Å². The Morgan fingerprint density at radius 3 is 2.55 bits per heavy atom. The monoisotopic (exact) mass is 547 g/mol. The lowest BCUT2D eigenvalue weighted by Crippen LogP contribution is -2.62. The van der Waals surface area contributed by atoms with Gasteiger partial charge in [-0.05, 0) is 37.2 Å². The maximum atomic E-state index is 13.5. The van der Waals surface area contributed by atoms with Crippen LogP contribution in [-0.2, 0) is 0 Å². The van der Waals surface area contributed by atoms with Crippen molar-refractivity contribution < 1.29 is 14.7 Å². The summed E-state index contributed by atoms with van der Waals surface area (Å²) in [5, 5.41) is 13.3. The lowest BCUT2D eigenvalue weighted by atomic mass is 9.89. The first kappa shape index (κ1) is 27.4. The van der Waals surface area contributed by atoms with Crippen molar-refractivity contribution >= 4 is 45.7 Å². The van der Waals surface area contributed by atoms with Crippen LogP contribution >= 0.6 is 0 Å². The van der Waals surface area contributed by atoms with Crippen LogP contribution in [0.25, 0.3) is 10.9 Å². The lowest BCUT2D eigenvalue weighted by molar-refractivity contribution is 0.102. The summed E-state index contributed by atoms with van der Waals surface area (Å²) in [7, 11) is 3.67. The molecule has 0 bridgehead atoms. The van der Waals surface area contributed by atoms with Crippen LogP contribution in [0.15, 0.2) is 42.7 Å². The number of nitrogen functional groups attached to an aromatic ring is 1. The van der Waals surface area contributed by atoms with Gasteiger partial charge in [0.1, 0.15) is 0 Å². The van der Waals surface area contributed by atoms with E-state index in [1.54, 1.807) is 25.5 Å². The lowest BCUT2D eigenvalue weighted by Gasteiger charge is -2.45. The van der Waals surface area contributed by atoms with E-state index in [2.05, 4.69) is 43.1 Å². The Morgan fingerprint density at radius 1 is 1.10 bits per heavy atom. The van der Waals surface area contributed by atoms with Crippen molar-refractivity contribution in [1.29, 1.82) is 0 Å². The van der Waals surface area contributed by atoms with Gasteiger partial charge in [0.15, 0.2) is 5.69 Å². The van der Waals surface area contributed by atoms with Crippen molar-refractivity contribution in [2.75, 3.05) is 74.2 Å². The summed E-state index contributed by atoms with van der Waals surface area (Å²) < 4.78 is 0. The molecule has 2 amide bonds. The number of carbonyl (C=O) groups excluding carboxylic acids is 1. The van der Waals surface area contributed by atoms with E-state index >= 15 is 0 Å². The van der Waals surface area contributed by atoms with Gasteiger partial charge in [-0.25, -0.2) is 9.78 Å². The van der Waals surface area contributed by atoms with Gasteiger partial charge in [-0.1, -0.05) is 13.0 Å². The van der Waals surface area contributed by atoms with Crippen LogP contribution in [0, 0.1) is 5.92 Å². The van der Waals surface area contributed by atoms with E-state index in [0.29, 0.717) is 24.3 Å². The van der Waals surface area contributed by atoms with Crippen molar-refractivity contribution in [2.45, 2.75) is 19.0 Å². The zero-order chi connectivity index (χ0) is 28.6. The Hall–Kier alpha value is -4.16. The number of piperazine rings is 1. The highest BCUT2D eigenvalue weighted by atomic mass is 16.4. The summed E-state index contributed by atoms with van der Waals surface area (Å²) in [6.07, 6.45) is 2.23. The van der Waals surface area contributed by atoms with Crippen LogP contribution < -0.4 is 26.6 Å². The minimum Gasteiger partial charge on any atom is -0.465 e. The Morgan fingerprint density at radius 2 is 1.85 bits per heavy atom. The fourth-order valence-corrected chi connectivity index (χ4v) is 5.86. The minimum atomic E-state index is -1.01. The number of hydrogen-bond donors (Lipinski definition) is 4. The molecule has 3 unspecified atom stereocenters. The van der Waals surface area contributed by atoms with Gasteiger partial charge in [0.25, 0.3) is 5.91 Å². The number of pyridine rings is 2. The molecule has 40 heavy (non-hydrogen) atoms. The quantitative estimate of drug-likeness (QED) is 0.372. The van der Waals surface area contributed by atoms with E-state index in [0.717, 1.165) is 42.9 Å². The smallest absolute Gasteiger partial charge is 0.407 e. The van der Waals surface area contributed by atoms with Gasteiger partial charge in [-0.3, -0.25) is 9.78 Å². The fourth-order valence-electron chi connectivity index (χ4n) is 5.86. The number of nitrogens with two attached hydrogens (primary N) is 2. The number of likely N-dealkylation sites (N-methyl/N-ethyl adjacent to an activating group) is 2. The largest absolute Gasteiger partial charge is 0.465 e. The van der Waals surface area contributed by atoms with E-state index in [1.165, 1.54) is 4.90 Å². The Labute approximate surface area is 233 Å². The Bertz CT molecular complexity index is 1400. The molecule has 2 aliphatic heterocycles. The maximum absolute atomic E-state index is 13.5. The number of hydrogen-bond acceptors (Lipinski definition) is 9. The van der Waals surface area contributed by atoms with E-state index in [9.17, 15) is 14.7 Å². The SMILES string of the molecule is CC1CN(c2ccncc2NC(=O)c2nc3cc(N4CCN(C)CC4)ccc3cc2N)CC(N)C1N(C)C(=O)O. The molecular weight excluding hydrogens is 510 g/mol. The molecule has 5 rings (SSSR count). The predicted octanol–water partition coefficient (Wildman–Crippen LogP) is 1.98. The average Bonchev–Trinajstić information content (AvgIpc) is 2.92. The van der Waals surface area contributed by atoms with Crippen LogP contribution in [0.5, 0.6) is 0 Å². The van der Waals surface area contributed by atoms with E-state index in [-0.39, 0.29) is 23.3 Å². The van der Waals surface area contributed by atoms with Crippen molar-refractivity contribution in [3.63, 3.8) is 0 Å². The van der Waals surface area contributed by atoms with E-state index < -0.39 is 18.0 Å². The highest BCUT2D eigenvalue weighted by molar-refractivity contribution is 6.09. The first-order chi connectivity index (χ1) is 19.1. The summed E-state index contributed by atoms with van der Waals surface area (Å²) in [4.78, 5) is 41.9. The van der Waals surface area contributed by atoms with Gasteiger partial charge in [0.05, 0.1) is 34.8 Å². The van der Waals surface area contributed by atoms with Gasteiger partial charge in [-0.15, -0.1) is 0 Å². The number of rotatable bonds is 5. The predicted molar refractivity (Wildman–Crippen MR) is 157 cm³/mol. The summed E-state index contributed by atoms with van der Waals surface area (Å²) in [5.41, 5.74) is 16.2. The third-order valence-electron chi connectivity index (χ3n) is 8.01. The summed E-state index contributed by atoms with van der Waals surface area (Å²) >= 11 is 0. The van der Waals surface area contributed by atoms with Crippen molar-refractivity contribution in [3.05, 3.63) is 48.4 Å². The number of nitrogens with zero attached hydrogens (tertiary/aromatic N) is 6. The molecule has 1 aromatic carbocycles. The van der Waals surface area contributed by atoms with Gasteiger partial charge < -0.3 is 41.5 Å². The fraction of sp³-hybridized carbons (Fsp3) is 0.429. The number of nitrogens with one attached hydrogen (secondary N) is 1. The molecule has 2 aliphatic rings. The first-order valence-corrected chi connectivity index (χ1v) is 13.5. The number of anilines is 4. The number of aromatic nitrogens is 2. The normalized spacial score (nSPS) is 21.9. The zero-order valence-corrected chi connectivity index (χ0v) is 23.1. The molecule has 2 fully saturated rings. The Balaban J connectivity index is 1.37. The van der Waals surface area contributed by atoms with Crippen LogP contribution in [0.1, 0.15) is 17.4 Å². The highest BCUT2D eigenvalue weighted by Gasteiger charge is 2.37. The minimum absolute atomic E-state index is 0.0335. The summed E-state index contributed by atoms with van der Waals surface area (Å²) in [6, 6.07) is 8.94. The third kappa shape index (κ3) is 5.45. The molecule has 212 valence electrons. The average molecular weight is 548 g/mol. The van der Waals surface area contributed by atoms with Gasteiger partial charge in [0.2, 0.25) is 0 Å². The van der Waals surface area contributed by atoms with Crippen molar-refractivity contribution in [3.8, 4) is 0 Å². The van der Waals surface area contributed by atoms with Crippen LogP contribution in [0.2, 0.25) is 0 Å². The molecule has 2 aromatic heterocycles. The second kappa shape index (κ2) is 11.1. The van der Waals surface area contributed by atoms with E-state index in [1.807, 2.05) is 25.1 Å². The molecule has 12 nitrogen and oxygen atoms in total. The topological polar surface area (TPSA) is 157 Å². The summed E-state index contributed by atoms with van der Waals surface area (Å²) in [5.74, 6) is -0.467. The molecular formula is C28H37N9O3. The summed E-state index contributed by atoms with van der Waals surface area (Å²) in [6.45, 7) is 6.81.